The highest BCUT2D eigenvalue weighted by molar-refractivity contribution is 5.95. The molecule has 1 rings (SSSR count). The minimum absolute atomic E-state index is 0.0636. The standard InChI is InChI=1S/C5H8N6O2/c6-2(12)1-11-4(7)3(5(8)13)9-10-11/h1,7H2,(H2,6,12)(H2,8,13). The van der Waals surface area contributed by atoms with E-state index in [1.54, 1.807) is 0 Å². The monoisotopic (exact) mass is 184 g/mol. The third-order valence-electron chi connectivity index (χ3n) is 1.31. The van der Waals surface area contributed by atoms with E-state index in [-0.39, 0.29) is 18.1 Å². The molecule has 0 saturated carbocycles. The van der Waals surface area contributed by atoms with Crippen molar-refractivity contribution in [3.05, 3.63) is 5.69 Å². The van der Waals surface area contributed by atoms with Crippen molar-refractivity contribution >= 4 is 17.6 Å². The van der Waals surface area contributed by atoms with Crippen LogP contribution in [0.15, 0.2) is 0 Å². The maximum absolute atomic E-state index is 10.6. The average molecular weight is 184 g/mol. The van der Waals surface area contributed by atoms with Gasteiger partial charge in [-0.1, -0.05) is 5.21 Å². The van der Waals surface area contributed by atoms with Gasteiger partial charge in [0.25, 0.3) is 5.91 Å². The van der Waals surface area contributed by atoms with Gasteiger partial charge >= 0.3 is 0 Å². The van der Waals surface area contributed by atoms with Gasteiger partial charge in [0.1, 0.15) is 6.54 Å². The van der Waals surface area contributed by atoms with E-state index >= 15 is 0 Å². The number of nitrogens with two attached hydrogens (primary N) is 3. The summed E-state index contributed by atoms with van der Waals surface area (Å²) >= 11 is 0. The third kappa shape index (κ3) is 1.72. The summed E-state index contributed by atoms with van der Waals surface area (Å²) in [6, 6.07) is 0. The number of nitrogen functional groups attached to an aromatic ring is 1. The lowest BCUT2D eigenvalue weighted by atomic mass is 10.4. The smallest absolute Gasteiger partial charge is 0.273 e. The number of anilines is 1. The Morgan fingerprint density at radius 1 is 1.38 bits per heavy atom. The molecule has 8 heteroatoms. The topological polar surface area (TPSA) is 143 Å². The molecule has 0 radical (unpaired) electrons. The first-order chi connectivity index (χ1) is 6.02. The molecule has 0 bridgehead atoms. The number of primary amides is 2. The van der Waals surface area contributed by atoms with Gasteiger partial charge in [0.05, 0.1) is 0 Å². The molecule has 0 aromatic carbocycles. The maximum atomic E-state index is 10.6. The normalized spacial score (nSPS) is 9.85. The third-order valence-corrected chi connectivity index (χ3v) is 1.31. The van der Waals surface area contributed by atoms with Crippen LogP contribution in [0.25, 0.3) is 0 Å². The first-order valence-corrected chi connectivity index (χ1v) is 3.29. The Hall–Kier alpha value is -2.12. The Morgan fingerprint density at radius 2 is 2.00 bits per heavy atom. The molecule has 0 unspecified atom stereocenters. The predicted molar refractivity (Wildman–Crippen MR) is 42.1 cm³/mol. The highest BCUT2D eigenvalue weighted by Crippen LogP contribution is 2.05. The number of hydrogen-bond acceptors (Lipinski definition) is 5. The summed E-state index contributed by atoms with van der Waals surface area (Å²) < 4.78 is 1.00. The van der Waals surface area contributed by atoms with E-state index in [0.717, 1.165) is 4.68 Å². The fourth-order valence-corrected chi connectivity index (χ4v) is 0.760. The molecule has 0 aliphatic heterocycles. The zero-order valence-electron chi connectivity index (χ0n) is 6.60. The van der Waals surface area contributed by atoms with Gasteiger partial charge < -0.3 is 17.2 Å². The van der Waals surface area contributed by atoms with Crippen LogP contribution >= 0.6 is 0 Å². The minimum Gasteiger partial charge on any atom is -0.382 e. The fourth-order valence-electron chi connectivity index (χ4n) is 0.760. The molecule has 6 N–H and O–H groups in total. The Bertz CT molecular complexity index is 356. The van der Waals surface area contributed by atoms with Crippen LogP contribution in [0.4, 0.5) is 5.82 Å². The van der Waals surface area contributed by atoms with E-state index in [4.69, 9.17) is 17.2 Å². The van der Waals surface area contributed by atoms with Crippen LogP contribution in [0.3, 0.4) is 0 Å². The second-order valence-electron chi connectivity index (χ2n) is 2.31. The molecule has 0 atom stereocenters. The van der Waals surface area contributed by atoms with Gasteiger partial charge in [0.2, 0.25) is 5.91 Å². The van der Waals surface area contributed by atoms with E-state index in [1.165, 1.54) is 0 Å². The highest BCUT2D eigenvalue weighted by atomic mass is 16.2. The molecule has 1 heterocycles. The van der Waals surface area contributed by atoms with Crippen LogP contribution in [0.1, 0.15) is 10.5 Å². The molecule has 70 valence electrons. The summed E-state index contributed by atoms with van der Waals surface area (Å²) in [6.45, 7) is -0.230. The van der Waals surface area contributed by atoms with Gasteiger partial charge in [-0.05, 0) is 0 Å². The second-order valence-corrected chi connectivity index (χ2v) is 2.31. The van der Waals surface area contributed by atoms with Crippen molar-refractivity contribution in [1.29, 1.82) is 0 Å². The molecule has 1 aromatic heterocycles. The van der Waals surface area contributed by atoms with Gasteiger partial charge in [-0.2, -0.15) is 0 Å². The summed E-state index contributed by atoms with van der Waals surface area (Å²) in [6.07, 6.45) is 0. The van der Waals surface area contributed by atoms with Crippen LogP contribution in [-0.2, 0) is 11.3 Å². The van der Waals surface area contributed by atoms with Gasteiger partial charge in [-0.3, -0.25) is 9.59 Å². The number of rotatable bonds is 3. The summed E-state index contributed by atoms with van der Waals surface area (Å²) in [7, 11) is 0. The molecular formula is C5H8N6O2. The molecule has 8 nitrogen and oxygen atoms in total. The Morgan fingerprint density at radius 3 is 2.38 bits per heavy atom. The van der Waals surface area contributed by atoms with E-state index < -0.39 is 11.8 Å². The van der Waals surface area contributed by atoms with Gasteiger partial charge in [0, 0.05) is 0 Å². The lowest BCUT2D eigenvalue weighted by Gasteiger charge is -1.97. The first-order valence-electron chi connectivity index (χ1n) is 3.29. The van der Waals surface area contributed by atoms with Crippen LogP contribution in [-0.4, -0.2) is 26.8 Å². The number of aromatic nitrogens is 3. The van der Waals surface area contributed by atoms with Crippen molar-refractivity contribution in [2.75, 3.05) is 5.73 Å². The molecule has 0 aliphatic rings. The van der Waals surface area contributed by atoms with Gasteiger partial charge in [-0.25, -0.2) is 4.68 Å². The summed E-state index contributed by atoms with van der Waals surface area (Å²) in [5.41, 5.74) is 15.0. The molecule has 0 fully saturated rings. The van der Waals surface area contributed by atoms with Crippen molar-refractivity contribution in [2.45, 2.75) is 6.54 Å². The van der Waals surface area contributed by atoms with Crippen LogP contribution in [0.2, 0.25) is 0 Å². The molecule has 0 spiro atoms. The van der Waals surface area contributed by atoms with Crippen molar-refractivity contribution in [1.82, 2.24) is 15.0 Å². The zero-order chi connectivity index (χ0) is 10.0. The number of hydrogen-bond donors (Lipinski definition) is 3. The second kappa shape index (κ2) is 3.09. The lowest BCUT2D eigenvalue weighted by Crippen LogP contribution is -2.21. The summed E-state index contributed by atoms with van der Waals surface area (Å²) in [5, 5.41) is 6.79. The minimum atomic E-state index is -0.798. The maximum Gasteiger partial charge on any atom is 0.273 e. The van der Waals surface area contributed by atoms with Crippen molar-refractivity contribution in [3.63, 3.8) is 0 Å². The molecule has 1 aromatic rings. The van der Waals surface area contributed by atoms with E-state index in [9.17, 15) is 9.59 Å². The summed E-state index contributed by atoms with van der Waals surface area (Å²) in [5.74, 6) is -1.49. The lowest BCUT2D eigenvalue weighted by molar-refractivity contribution is -0.118. The van der Waals surface area contributed by atoms with Gasteiger partial charge in [0.15, 0.2) is 11.5 Å². The SMILES string of the molecule is NC(=O)Cn1nnc(C(N)=O)c1N. The number of nitrogens with zero attached hydrogens (tertiary/aromatic N) is 3. The Kier molecular flexibility index (Phi) is 2.13. The number of carbonyl (C=O) groups is 2. The zero-order valence-corrected chi connectivity index (χ0v) is 6.60. The predicted octanol–water partition coefficient (Wildman–Crippen LogP) is -2.56. The van der Waals surface area contributed by atoms with Gasteiger partial charge in [-0.15, -0.1) is 5.10 Å². The molecular weight excluding hydrogens is 176 g/mol. The highest BCUT2D eigenvalue weighted by Gasteiger charge is 2.14. The number of amides is 2. The van der Waals surface area contributed by atoms with E-state index in [1.807, 2.05) is 0 Å². The molecule has 2 amide bonds. The largest absolute Gasteiger partial charge is 0.382 e. The van der Waals surface area contributed by atoms with Crippen LogP contribution < -0.4 is 17.2 Å². The molecule has 13 heavy (non-hydrogen) atoms. The Labute approximate surface area is 72.7 Å². The first kappa shape index (κ1) is 8.97. The van der Waals surface area contributed by atoms with Crippen LogP contribution in [0.5, 0.6) is 0 Å². The van der Waals surface area contributed by atoms with Crippen molar-refractivity contribution in [2.24, 2.45) is 11.5 Å². The van der Waals surface area contributed by atoms with E-state index in [0.29, 0.717) is 0 Å². The summed E-state index contributed by atoms with van der Waals surface area (Å²) in [4.78, 5) is 21.1. The quantitative estimate of drug-likeness (QED) is 0.473. The molecule has 0 saturated heterocycles. The number of carbonyl (C=O) groups excluding carboxylic acids is 2. The van der Waals surface area contributed by atoms with E-state index in [2.05, 4.69) is 10.3 Å². The van der Waals surface area contributed by atoms with Crippen molar-refractivity contribution < 1.29 is 9.59 Å². The van der Waals surface area contributed by atoms with Crippen LogP contribution in [0, 0.1) is 0 Å². The van der Waals surface area contributed by atoms with Crippen molar-refractivity contribution in [3.8, 4) is 0 Å². The molecule has 0 aliphatic carbocycles. The average Bonchev–Trinajstić information content (AvgIpc) is 2.32. The fraction of sp³-hybridized carbons (Fsp3) is 0.200. The Balaban J connectivity index is 2.99.